The number of methoxy groups -OCH3 is 1. The molecule has 9 heteroatoms. The normalized spacial score (nSPS) is 18.6. The molecule has 0 aromatic heterocycles. The molecule has 0 saturated carbocycles. The molecule has 0 aliphatic carbocycles. The Morgan fingerprint density at radius 1 is 1.23 bits per heavy atom. The lowest BCUT2D eigenvalue weighted by Gasteiger charge is -2.40. The second-order valence-electron chi connectivity index (χ2n) is 7.15. The molecule has 30 heavy (non-hydrogen) atoms. The van der Waals surface area contributed by atoms with Gasteiger partial charge in [0.1, 0.15) is 5.75 Å². The van der Waals surface area contributed by atoms with E-state index < -0.39 is 36.4 Å². The molecule has 2 rings (SSSR count). The third-order valence-corrected chi connectivity index (χ3v) is 5.02. The van der Waals surface area contributed by atoms with Crippen LogP contribution in [0.25, 0.3) is 0 Å². The van der Waals surface area contributed by atoms with E-state index in [0.717, 1.165) is 18.4 Å². The summed E-state index contributed by atoms with van der Waals surface area (Å²) in [4.78, 5) is 49.7. The van der Waals surface area contributed by atoms with Gasteiger partial charge < -0.3 is 25.4 Å². The smallest absolute Gasteiger partial charge is 0.311 e. The van der Waals surface area contributed by atoms with Crippen LogP contribution in [0.3, 0.4) is 0 Å². The first-order valence-corrected chi connectivity index (χ1v) is 10.0. The number of likely N-dealkylation sites (tertiary alicyclic amines) is 1. The van der Waals surface area contributed by atoms with E-state index in [1.54, 1.807) is 24.1 Å². The average Bonchev–Trinajstić information content (AvgIpc) is 2.75. The van der Waals surface area contributed by atoms with Gasteiger partial charge in [0, 0.05) is 13.0 Å². The number of carbonyl (C=O) groups is 4. The zero-order valence-electron chi connectivity index (χ0n) is 17.4. The van der Waals surface area contributed by atoms with Crippen molar-refractivity contribution in [3.8, 4) is 5.75 Å². The molecule has 1 aliphatic rings. The second kappa shape index (κ2) is 11.2. The highest BCUT2D eigenvalue weighted by atomic mass is 16.5. The van der Waals surface area contributed by atoms with E-state index in [9.17, 15) is 19.2 Å². The molecular weight excluding hydrogens is 390 g/mol. The van der Waals surface area contributed by atoms with Crippen molar-refractivity contribution in [3.05, 3.63) is 29.8 Å². The summed E-state index contributed by atoms with van der Waals surface area (Å²) in [6.07, 6.45) is 2.30. The van der Waals surface area contributed by atoms with Gasteiger partial charge in [0.15, 0.2) is 6.61 Å². The van der Waals surface area contributed by atoms with Crippen LogP contribution >= 0.6 is 0 Å². The predicted octanol–water partition coefficient (Wildman–Crippen LogP) is 0.920. The Morgan fingerprint density at radius 2 is 1.93 bits per heavy atom. The van der Waals surface area contributed by atoms with Crippen LogP contribution in [0.1, 0.15) is 44.2 Å². The van der Waals surface area contributed by atoms with Crippen LogP contribution in [-0.4, -0.2) is 55.4 Å². The number of hydrogen-bond acceptors (Lipinski definition) is 6. The van der Waals surface area contributed by atoms with Gasteiger partial charge in [-0.25, -0.2) is 0 Å². The number of carbonyl (C=O) groups excluding carboxylic acids is 4. The lowest BCUT2D eigenvalue weighted by Crippen LogP contribution is -2.46. The number of nitrogens with one attached hydrogen (secondary N) is 1. The SMILES string of the molecule is CCCCN1C(=O)CC[C@H](C(=O)OCC(=O)NCC(N)=O)[C@@H]1c1ccc(OC)cc1. The number of primary amides is 1. The van der Waals surface area contributed by atoms with Crippen molar-refractivity contribution in [1.82, 2.24) is 10.2 Å². The molecule has 1 aliphatic heterocycles. The fourth-order valence-electron chi connectivity index (χ4n) is 3.49. The summed E-state index contributed by atoms with van der Waals surface area (Å²) in [7, 11) is 1.57. The largest absolute Gasteiger partial charge is 0.497 e. The molecule has 1 aromatic rings. The monoisotopic (exact) mass is 419 g/mol. The van der Waals surface area contributed by atoms with Gasteiger partial charge >= 0.3 is 5.97 Å². The van der Waals surface area contributed by atoms with E-state index in [-0.39, 0.29) is 18.9 Å². The Morgan fingerprint density at radius 3 is 2.53 bits per heavy atom. The minimum atomic E-state index is -0.688. The minimum Gasteiger partial charge on any atom is -0.497 e. The van der Waals surface area contributed by atoms with Crippen LogP contribution in [-0.2, 0) is 23.9 Å². The fraction of sp³-hybridized carbons (Fsp3) is 0.524. The molecule has 3 amide bonds. The van der Waals surface area contributed by atoms with Crippen LogP contribution in [0.2, 0.25) is 0 Å². The summed E-state index contributed by atoms with van der Waals surface area (Å²) in [6, 6.07) is 6.75. The molecule has 1 fully saturated rings. The molecule has 0 radical (unpaired) electrons. The Labute approximate surface area is 175 Å². The van der Waals surface area contributed by atoms with Gasteiger partial charge in [-0.3, -0.25) is 19.2 Å². The van der Waals surface area contributed by atoms with E-state index >= 15 is 0 Å². The number of benzene rings is 1. The van der Waals surface area contributed by atoms with Crippen LogP contribution in [0.5, 0.6) is 5.75 Å². The summed E-state index contributed by atoms with van der Waals surface area (Å²) >= 11 is 0. The van der Waals surface area contributed by atoms with Gasteiger partial charge in [0.05, 0.1) is 25.6 Å². The molecule has 9 nitrogen and oxygen atoms in total. The van der Waals surface area contributed by atoms with Crippen LogP contribution in [0.4, 0.5) is 0 Å². The molecule has 3 N–H and O–H groups in total. The highest BCUT2D eigenvalue weighted by molar-refractivity contribution is 5.86. The molecule has 0 unspecified atom stereocenters. The summed E-state index contributed by atoms with van der Waals surface area (Å²) in [5.74, 6) is -1.79. The Bertz CT molecular complexity index is 765. The van der Waals surface area contributed by atoms with Gasteiger partial charge in [0.25, 0.3) is 5.91 Å². The Kier molecular flexibility index (Phi) is 8.64. The fourth-order valence-corrected chi connectivity index (χ4v) is 3.49. The van der Waals surface area contributed by atoms with E-state index in [0.29, 0.717) is 18.7 Å². The molecule has 2 atom stereocenters. The molecule has 1 heterocycles. The number of nitrogens with two attached hydrogens (primary N) is 1. The number of rotatable bonds is 10. The Balaban J connectivity index is 2.18. The molecule has 164 valence electrons. The van der Waals surface area contributed by atoms with Crippen LogP contribution < -0.4 is 15.8 Å². The highest BCUT2D eigenvalue weighted by Crippen LogP contribution is 2.38. The third-order valence-electron chi connectivity index (χ3n) is 5.02. The van der Waals surface area contributed by atoms with Crippen molar-refractivity contribution < 1.29 is 28.7 Å². The van der Waals surface area contributed by atoms with E-state index in [1.165, 1.54) is 0 Å². The lowest BCUT2D eigenvalue weighted by atomic mass is 9.84. The first-order chi connectivity index (χ1) is 14.4. The Hall–Kier alpha value is -3.10. The molecule has 0 bridgehead atoms. The first-order valence-electron chi connectivity index (χ1n) is 10.0. The number of ether oxygens (including phenoxy) is 2. The van der Waals surface area contributed by atoms with E-state index in [2.05, 4.69) is 5.32 Å². The number of amides is 3. The number of unbranched alkanes of at least 4 members (excludes halogenated alkanes) is 1. The van der Waals surface area contributed by atoms with Gasteiger partial charge in [0.2, 0.25) is 11.8 Å². The number of hydrogen-bond donors (Lipinski definition) is 2. The maximum Gasteiger partial charge on any atom is 0.311 e. The maximum absolute atomic E-state index is 12.8. The van der Waals surface area contributed by atoms with Gasteiger partial charge in [-0.2, -0.15) is 0 Å². The predicted molar refractivity (Wildman–Crippen MR) is 108 cm³/mol. The summed E-state index contributed by atoms with van der Waals surface area (Å²) in [5, 5.41) is 2.27. The topological polar surface area (TPSA) is 128 Å². The highest BCUT2D eigenvalue weighted by Gasteiger charge is 2.41. The third kappa shape index (κ3) is 6.20. The van der Waals surface area contributed by atoms with E-state index in [4.69, 9.17) is 15.2 Å². The number of nitrogens with zero attached hydrogens (tertiary/aromatic N) is 1. The molecular formula is C21H29N3O6. The number of esters is 1. The van der Waals surface area contributed by atoms with Crippen molar-refractivity contribution in [3.63, 3.8) is 0 Å². The minimum absolute atomic E-state index is 0.00693. The standard InChI is InChI=1S/C21H29N3O6/c1-3-4-11-24-19(27)10-9-16(20(24)14-5-7-15(29-2)8-6-14)21(28)30-13-18(26)23-12-17(22)25/h5-8,16,20H,3-4,9-13H2,1-2H3,(H2,22,25)(H,23,26)/t16-,20-/m0/s1. The van der Waals surface area contributed by atoms with Crippen molar-refractivity contribution in [2.45, 2.75) is 38.6 Å². The van der Waals surface area contributed by atoms with Crippen molar-refractivity contribution in [2.24, 2.45) is 11.7 Å². The quantitative estimate of drug-likeness (QED) is 0.543. The average molecular weight is 419 g/mol. The maximum atomic E-state index is 12.8. The first kappa shape index (κ1) is 23.2. The summed E-state index contributed by atoms with van der Waals surface area (Å²) < 4.78 is 10.4. The second-order valence-corrected chi connectivity index (χ2v) is 7.15. The number of piperidine rings is 1. The lowest BCUT2D eigenvalue weighted by molar-refractivity contribution is -0.159. The van der Waals surface area contributed by atoms with Crippen molar-refractivity contribution >= 4 is 23.7 Å². The molecule has 1 aromatic carbocycles. The zero-order chi connectivity index (χ0) is 22.1. The van der Waals surface area contributed by atoms with Gasteiger partial charge in [-0.1, -0.05) is 25.5 Å². The zero-order valence-corrected chi connectivity index (χ0v) is 17.4. The van der Waals surface area contributed by atoms with Gasteiger partial charge in [-0.05, 0) is 30.5 Å². The summed E-state index contributed by atoms with van der Waals surface area (Å²) in [6.45, 7) is 1.73. The molecule has 0 spiro atoms. The summed E-state index contributed by atoms with van der Waals surface area (Å²) in [5.41, 5.74) is 5.78. The van der Waals surface area contributed by atoms with Crippen molar-refractivity contribution in [2.75, 3.05) is 26.8 Å². The van der Waals surface area contributed by atoms with Crippen LogP contribution in [0.15, 0.2) is 24.3 Å². The van der Waals surface area contributed by atoms with E-state index in [1.807, 2.05) is 19.1 Å². The van der Waals surface area contributed by atoms with Gasteiger partial charge in [-0.15, -0.1) is 0 Å². The molecule has 1 saturated heterocycles. The van der Waals surface area contributed by atoms with Crippen LogP contribution in [0, 0.1) is 5.92 Å². The van der Waals surface area contributed by atoms with Crippen molar-refractivity contribution in [1.29, 1.82) is 0 Å².